The molecule has 3 aromatic rings. The number of amides is 1. The van der Waals surface area contributed by atoms with Crippen molar-refractivity contribution in [2.75, 3.05) is 31.1 Å². The molecule has 2 heterocycles. The number of hydrogen-bond donors (Lipinski definition) is 0. The van der Waals surface area contributed by atoms with E-state index in [4.69, 9.17) is 11.6 Å². The molecule has 0 radical (unpaired) electrons. The molecule has 2 aromatic carbocycles. The van der Waals surface area contributed by atoms with Crippen LogP contribution in [0.2, 0.25) is 5.02 Å². The summed E-state index contributed by atoms with van der Waals surface area (Å²) in [6.45, 7) is 2.71. The lowest BCUT2D eigenvalue weighted by atomic mass is 10.2. The number of halogens is 1. The van der Waals surface area contributed by atoms with Gasteiger partial charge in [0, 0.05) is 31.7 Å². The van der Waals surface area contributed by atoms with Gasteiger partial charge in [0.05, 0.1) is 18.4 Å². The normalized spacial score (nSPS) is 14.1. The summed E-state index contributed by atoms with van der Waals surface area (Å²) in [6.07, 6.45) is 1.64. The first-order chi connectivity index (χ1) is 14.1. The fourth-order valence-corrected chi connectivity index (χ4v) is 3.73. The highest BCUT2D eigenvalue weighted by Crippen LogP contribution is 2.23. The molecular formula is C22H21ClN4O2. The van der Waals surface area contributed by atoms with Gasteiger partial charge in [0.2, 0.25) is 0 Å². The summed E-state index contributed by atoms with van der Waals surface area (Å²) in [5, 5.41) is 4.47. The molecule has 7 heteroatoms. The average molecular weight is 409 g/mol. The lowest BCUT2D eigenvalue weighted by Gasteiger charge is -2.36. The van der Waals surface area contributed by atoms with Crippen LogP contribution < -0.4 is 10.5 Å². The van der Waals surface area contributed by atoms with Crippen LogP contribution in [-0.2, 0) is 6.54 Å². The van der Waals surface area contributed by atoms with E-state index in [-0.39, 0.29) is 16.5 Å². The molecule has 0 N–H and O–H groups in total. The maximum atomic E-state index is 12.7. The molecule has 4 rings (SSSR count). The molecule has 1 aliphatic heterocycles. The number of aromatic nitrogens is 2. The molecule has 29 heavy (non-hydrogen) atoms. The van der Waals surface area contributed by atoms with E-state index < -0.39 is 0 Å². The zero-order valence-corrected chi connectivity index (χ0v) is 16.6. The summed E-state index contributed by atoms with van der Waals surface area (Å²) >= 11 is 6.40. The number of nitrogens with zero attached hydrogens (tertiary/aromatic N) is 4. The molecule has 1 amide bonds. The van der Waals surface area contributed by atoms with Crippen LogP contribution in [0, 0.1) is 0 Å². The van der Waals surface area contributed by atoms with Gasteiger partial charge in [0.1, 0.15) is 5.02 Å². The molecule has 0 atom stereocenters. The van der Waals surface area contributed by atoms with Gasteiger partial charge in [-0.2, -0.15) is 5.10 Å². The van der Waals surface area contributed by atoms with Crippen LogP contribution in [0.4, 0.5) is 5.69 Å². The van der Waals surface area contributed by atoms with Crippen LogP contribution in [0.3, 0.4) is 0 Å². The van der Waals surface area contributed by atoms with Crippen molar-refractivity contribution in [3.8, 4) is 0 Å². The SMILES string of the molecule is O=C(c1ccccc1)N1CCN(c2cnn(Cc3ccccc3)c(=O)c2Cl)CC1. The standard InChI is InChI=1S/C22H21ClN4O2/c23-20-19(15-24-27(22(20)29)16-17-7-3-1-4-8-17)25-11-13-26(14-12-25)21(28)18-9-5-2-6-10-18/h1-10,15H,11-14,16H2. The Morgan fingerprint density at radius 2 is 1.55 bits per heavy atom. The van der Waals surface area contributed by atoms with Crippen molar-refractivity contribution in [1.29, 1.82) is 0 Å². The van der Waals surface area contributed by atoms with Gasteiger partial charge >= 0.3 is 0 Å². The predicted octanol–water partition coefficient (Wildman–Crippen LogP) is 2.91. The van der Waals surface area contributed by atoms with Crippen LogP contribution in [0.15, 0.2) is 71.7 Å². The lowest BCUT2D eigenvalue weighted by molar-refractivity contribution is 0.0747. The highest BCUT2D eigenvalue weighted by Gasteiger charge is 2.24. The molecule has 1 aliphatic rings. The zero-order chi connectivity index (χ0) is 20.2. The predicted molar refractivity (Wildman–Crippen MR) is 114 cm³/mol. The quantitative estimate of drug-likeness (QED) is 0.666. The topological polar surface area (TPSA) is 58.4 Å². The number of carbonyl (C=O) groups excluding carboxylic acids is 1. The van der Waals surface area contributed by atoms with Crippen molar-refractivity contribution in [2.24, 2.45) is 0 Å². The van der Waals surface area contributed by atoms with Crippen LogP contribution >= 0.6 is 11.6 Å². The minimum Gasteiger partial charge on any atom is -0.365 e. The second-order valence-electron chi connectivity index (χ2n) is 6.94. The van der Waals surface area contributed by atoms with E-state index in [1.165, 1.54) is 4.68 Å². The Morgan fingerprint density at radius 1 is 0.931 bits per heavy atom. The van der Waals surface area contributed by atoms with Gasteiger partial charge < -0.3 is 9.80 Å². The van der Waals surface area contributed by atoms with Gasteiger partial charge in [-0.25, -0.2) is 4.68 Å². The van der Waals surface area contributed by atoms with Crippen molar-refractivity contribution in [3.05, 3.63) is 93.4 Å². The highest BCUT2D eigenvalue weighted by atomic mass is 35.5. The Bertz CT molecular complexity index is 1050. The molecular weight excluding hydrogens is 388 g/mol. The van der Waals surface area contributed by atoms with Gasteiger partial charge in [-0.1, -0.05) is 60.1 Å². The van der Waals surface area contributed by atoms with Crippen LogP contribution in [0.1, 0.15) is 15.9 Å². The summed E-state index contributed by atoms with van der Waals surface area (Å²) in [4.78, 5) is 29.1. The van der Waals surface area contributed by atoms with Gasteiger partial charge in [0.25, 0.3) is 11.5 Å². The zero-order valence-electron chi connectivity index (χ0n) is 15.9. The Morgan fingerprint density at radius 3 is 2.21 bits per heavy atom. The first kappa shape index (κ1) is 19.2. The van der Waals surface area contributed by atoms with E-state index >= 15 is 0 Å². The van der Waals surface area contributed by atoms with Crippen LogP contribution in [0.25, 0.3) is 0 Å². The van der Waals surface area contributed by atoms with Crippen molar-refractivity contribution < 1.29 is 4.79 Å². The Labute approximate surface area is 173 Å². The maximum absolute atomic E-state index is 12.7. The largest absolute Gasteiger partial charge is 0.365 e. The number of piperazine rings is 1. The van der Waals surface area contributed by atoms with Gasteiger partial charge in [0.15, 0.2) is 0 Å². The molecule has 148 valence electrons. The fraction of sp³-hybridized carbons (Fsp3) is 0.227. The number of rotatable bonds is 4. The molecule has 0 aliphatic carbocycles. The number of anilines is 1. The summed E-state index contributed by atoms with van der Waals surface area (Å²) in [5.41, 5.74) is 1.98. The second-order valence-corrected chi connectivity index (χ2v) is 7.32. The monoisotopic (exact) mass is 408 g/mol. The average Bonchev–Trinajstić information content (AvgIpc) is 2.78. The van der Waals surface area contributed by atoms with E-state index in [9.17, 15) is 9.59 Å². The van der Waals surface area contributed by atoms with Gasteiger partial charge in [-0.05, 0) is 17.7 Å². The smallest absolute Gasteiger partial charge is 0.287 e. The van der Waals surface area contributed by atoms with Crippen molar-refractivity contribution >= 4 is 23.2 Å². The second kappa shape index (κ2) is 8.49. The molecule has 1 aromatic heterocycles. The van der Waals surface area contributed by atoms with Crippen LogP contribution in [-0.4, -0.2) is 46.8 Å². The molecule has 0 bridgehead atoms. The Hall–Kier alpha value is -3.12. The van der Waals surface area contributed by atoms with E-state index in [0.717, 1.165) is 5.56 Å². The third-order valence-electron chi connectivity index (χ3n) is 5.07. The van der Waals surface area contributed by atoms with E-state index in [1.807, 2.05) is 70.5 Å². The number of carbonyl (C=O) groups is 1. The first-order valence-corrected chi connectivity index (χ1v) is 9.90. The molecule has 1 fully saturated rings. The summed E-state index contributed by atoms with van der Waals surface area (Å²) in [6, 6.07) is 18.9. The summed E-state index contributed by atoms with van der Waals surface area (Å²) in [5.74, 6) is 0.0211. The summed E-state index contributed by atoms with van der Waals surface area (Å²) < 4.78 is 1.37. The minimum atomic E-state index is -0.309. The van der Waals surface area contributed by atoms with Crippen molar-refractivity contribution in [2.45, 2.75) is 6.54 Å². The minimum absolute atomic E-state index is 0.0211. The first-order valence-electron chi connectivity index (χ1n) is 9.52. The van der Waals surface area contributed by atoms with Crippen molar-refractivity contribution in [1.82, 2.24) is 14.7 Å². The van der Waals surface area contributed by atoms with E-state index in [0.29, 0.717) is 44.0 Å². The lowest BCUT2D eigenvalue weighted by Crippen LogP contribution is -2.49. The third-order valence-corrected chi connectivity index (χ3v) is 5.43. The molecule has 0 spiro atoms. The van der Waals surface area contributed by atoms with Gasteiger partial charge in [-0.3, -0.25) is 9.59 Å². The van der Waals surface area contributed by atoms with Crippen molar-refractivity contribution in [3.63, 3.8) is 0 Å². The van der Waals surface area contributed by atoms with Gasteiger partial charge in [-0.15, -0.1) is 0 Å². The Balaban J connectivity index is 1.45. The van der Waals surface area contributed by atoms with Crippen LogP contribution in [0.5, 0.6) is 0 Å². The third kappa shape index (κ3) is 4.17. The molecule has 6 nitrogen and oxygen atoms in total. The number of benzene rings is 2. The van der Waals surface area contributed by atoms with E-state index in [2.05, 4.69) is 5.10 Å². The molecule has 0 unspecified atom stereocenters. The molecule has 1 saturated heterocycles. The maximum Gasteiger partial charge on any atom is 0.287 e. The number of hydrogen-bond acceptors (Lipinski definition) is 4. The highest BCUT2D eigenvalue weighted by molar-refractivity contribution is 6.33. The fourth-order valence-electron chi connectivity index (χ4n) is 3.46. The van der Waals surface area contributed by atoms with E-state index in [1.54, 1.807) is 6.20 Å². The summed E-state index contributed by atoms with van der Waals surface area (Å²) in [7, 11) is 0. The Kier molecular flexibility index (Phi) is 5.62. The molecule has 0 saturated carbocycles.